The second-order valence-electron chi connectivity index (χ2n) is 5.82. The molecule has 27 heavy (non-hydrogen) atoms. The minimum Gasteiger partial charge on any atom is -0.322 e. The number of halogens is 1. The van der Waals surface area contributed by atoms with Crippen molar-refractivity contribution in [1.82, 2.24) is 4.98 Å². The minimum absolute atomic E-state index is 0.324. The number of rotatable bonds is 5. The summed E-state index contributed by atoms with van der Waals surface area (Å²) in [4.78, 5) is 16.7. The van der Waals surface area contributed by atoms with Gasteiger partial charge in [-0.05, 0) is 54.6 Å². The van der Waals surface area contributed by atoms with Crippen molar-refractivity contribution in [3.8, 4) is 11.3 Å². The van der Waals surface area contributed by atoms with Crippen LogP contribution >= 0.6 is 11.6 Å². The van der Waals surface area contributed by atoms with E-state index in [1.165, 1.54) is 12.1 Å². The van der Waals surface area contributed by atoms with Gasteiger partial charge in [-0.2, -0.15) is 0 Å². The van der Waals surface area contributed by atoms with Gasteiger partial charge in [0, 0.05) is 28.7 Å². The maximum atomic E-state index is 12.4. The predicted molar refractivity (Wildman–Crippen MR) is 108 cm³/mol. The number of anilines is 2. The van der Waals surface area contributed by atoms with Gasteiger partial charge in [0.15, 0.2) is 0 Å². The topological polar surface area (TPSA) is 88.2 Å². The number of carbonyl (C=O) groups is 1. The number of hydrogen-bond acceptors (Lipinski definition) is 4. The molecule has 0 atom stereocenters. The van der Waals surface area contributed by atoms with Gasteiger partial charge in [0.1, 0.15) is 0 Å². The van der Waals surface area contributed by atoms with E-state index < -0.39 is 10.0 Å². The lowest BCUT2D eigenvalue weighted by Gasteiger charge is -2.10. The Morgan fingerprint density at radius 1 is 1.00 bits per heavy atom. The van der Waals surface area contributed by atoms with Crippen LogP contribution in [0.2, 0.25) is 5.02 Å². The number of amides is 1. The first kappa shape index (κ1) is 18.9. The minimum atomic E-state index is -3.36. The van der Waals surface area contributed by atoms with E-state index in [9.17, 15) is 13.2 Å². The van der Waals surface area contributed by atoms with Crippen molar-refractivity contribution < 1.29 is 13.2 Å². The molecule has 1 amide bonds. The second kappa shape index (κ2) is 7.77. The summed E-state index contributed by atoms with van der Waals surface area (Å²) in [6.07, 6.45) is 2.73. The van der Waals surface area contributed by atoms with Crippen molar-refractivity contribution in [1.29, 1.82) is 0 Å². The van der Waals surface area contributed by atoms with Crippen LogP contribution in [0.5, 0.6) is 0 Å². The number of hydrogen-bond donors (Lipinski definition) is 2. The zero-order valence-electron chi connectivity index (χ0n) is 14.3. The molecule has 138 valence electrons. The zero-order valence-corrected chi connectivity index (χ0v) is 15.9. The lowest BCUT2D eigenvalue weighted by atomic mass is 10.1. The molecule has 0 unspecified atom stereocenters. The lowest BCUT2D eigenvalue weighted by molar-refractivity contribution is 0.102. The number of sulfonamides is 1. The standard InChI is InChI=1S/C19H16ClN3O3S/c1-27(25,26)23-14-7-5-13(6-8-14)19(24)22-15-9-10-17(20)16(12-15)18-4-2-3-11-21-18/h2-12,23H,1H3,(H,22,24). The van der Waals surface area contributed by atoms with Gasteiger partial charge in [-0.15, -0.1) is 0 Å². The molecule has 3 aromatic rings. The largest absolute Gasteiger partial charge is 0.322 e. The van der Waals surface area contributed by atoms with Crippen molar-refractivity contribution in [3.05, 3.63) is 77.4 Å². The van der Waals surface area contributed by atoms with Crippen LogP contribution in [-0.4, -0.2) is 25.6 Å². The Bertz CT molecular complexity index is 1070. The average Bonchev–Trinajstić information content (AvgIpc) is 2.63. The Labute approximate surface area is 162 Å². The summed E-state index contributed by atoms with van der Waals surface area (Å²) in [5, 5.41) is 3.33. The Morgan fingerprint density at radius 3 is 2.33 bits per heavy atom. The Kier molecular flexibility index (Phi) is 5.43. The van der Waals surface area contributed by atoms with Crippen LogP contribution in [-0.2, 0) is 10.0 Å². The fourth-order valence-corrected chi connectivity index (χ4v) is 3.21. The van der Waals surface area contributed by atoms with E-state index in [1.54, 1.807) is 36.5 Å². The number of pyridine rings is 1. The summed E-state index contributed by atoms with van der Waals surface area (Å²) < 4.78 is 24.8. The molecule has 0 bridgehead atoms. The lowest BCUT2D eigenvalue weighted by Crippen LogP contribution is -2.13. The summed E-state index contributed by atoms with van der Waals surface area (Å²) >= 11 is 6.25. The van der Waals surface area contributed by atoms with Gasteiger partial charge in [-0.25, -0.2) is 8.42 Å². The molecule has 2 N–H and O–H groups in total. The molecule has 0 saturated heterocycles. The summed E-state index contributed by atoms with van der Waals surface area (Å²) in [7, 11) is -3.36. The van der Waals surface area contributed by atoms with Crippen molar-refractivity contribution >= 4 is 38.9 Å². The molecule has 0 spiro atoms. The summed E-state index contributed by atoms with van der Waals surface area (Å²) in [6.45, 7) is 0. The molecule has 0 radical (unpaired) electrons. The maximum Gasteiger partial charge on any atom is 0.255 e. The Balaban J connectivity index is 1.78. The van der Waals surface area contributed by atoms with E-state index in [1.807, 2.05) is 18.2 Å². The third-order valence-electron chi connectivity index (χ3n) is 3.62. The molecule has 0 aliphatic carbocycles. The first-order valence-electron chi connectivity index (χ1n) is 7.92. The van der Waals surface area contributed by atoms with Gasteiger partial charge in [-0.1, -0.05) is 17.7 Å². The summed E-state index contributed by atoms with van der Waals surface area (Å²) in [5.41, 5.74) is 2.77. The normalized spacial score (nSPS) is 11.0. The molecular formula is C19H16ClN3O3S. The van der Waals surface area contributed by atoms with Gasteiger partial charge in [-0.3, -0.25) is 14.5 Å². The first-order chi connectivity index (χ1) is 12.8. The van der Waals surface area contributed by atoms with Crippen LogP contribution in [0, 0.1) is 0 Å². The van der Waals surface area contributed by atoms with Crippen molar-refractivity contribution in [2.75, 3.05) is 16.3 Å². The highest BCUT2D eigenvalue weighted by Gasteiger charge is 2.10. The molecule has 2 aromatic carbocycles. The first-order valence-corrected chi connectivity index (χ1v) is 10.2. The van der Waals surface area contributed by atoms with Crippen LogP contribution in [0.25, 0.3) is 11.3 Å². The summed E-state index contributed by atoms with van der Waals surface area (Å²) in [5.74, 6) is -0.324. The SMILES string of the molecule is CS(=O)(=O)Nc1ccc(C(=O)Nc2ccc(Cl)c(-c3ccccn3)c2)cc1. The third-order valence-corrected chi connectivity index (χ3v) is 4.55. The number of aromatic nitrogens is 1. The maximum absolute atomic E-state index is 12.4. The van der Waals surface area contributed by atoms with Gasteiger partial charge >= 0.3 is 0 Å². The predicted octanol–water partition coefficient (Wildman–Crippen LogP) is 4.03. The monoisotopic (exact) mass is 401 g/mol. The molecule has 0 saturated carbocycles. The van der Waals surface area contributed by atoms with Crippen LogP contribution in [0.3, 0.4) is 0 Å². The molecule has 0 fully saturated rings. The molecule has 0 aliphatic heterocycles. The van der Waals surface area contributed by atoms with E-state index in [-0.39, 0.29) is 5.91 Å². The smallest absolute Gasteiger partial charge is 0.255 e. The zero-order chi connectivity index (χ0) is 19.4. The van der Waals surface area contributed by atoms with Crippen molar-refractivity contribution in [3.63, 3.8) is 0 Å². The fourth-order valence-electron chi connectivity index (χ4n) is 2.43. The Hall–Kier alpha value is -2.90. The third kappa shape index (κ3) is 5.06. The average molecular weight is 402 g/mol. The quantitative estimate of drug-likeness (QED) is 0.675. The molecule has 6 nitrogen and oxygen atoms in total. The molecule has 1 heterocycles. The fraction of sp³-hybridized carbons (Fsp3) is 0.0526. The van der Waals surface area contributed by atoms with Gasteiger partial charge in [0.2, 0.25) is 10.0 Å². The molecule has 3 rings (SSSR count). The van der Waals surface area contributed by atoms with Crippen molar-refractivity contribution in [2.24, 2.45) is 0 Å². The van der Waals surface area contributed by atoms with Gasteiger partial charge in [0.25, 0.3) is 5.91 Å². The van der Waals surface area contributed by atoms with E-state index in [0.29, 0.717) is 33.2 Å². The van der Waals surface area contributed by atoms with E-state index >= 15 is 0 Å². The highest BCUT2D eigenvalue weighted by molar-refractivity contribution is 7.92. The summed E-state index contributed by atoms with van der Waals surface area (Å²) in [6, 6.07) is 16.8. The number of nitrogens with one attached hydrogen (secondary N) is 2. The van der Waals surface area contributed by atoms with Gasteiger partial charge in [0.05, 0.1) is 17.0 Å². The molecule has 1 aromatic heterocycles. The number of nitrogens with zero attached hydrogens (tertiary/aromatic N) is 1. The van der Waals surface area contributed by atoms with Gasteiger partial charge < -0.3 is 5.32 Å². The molecule has 8 heteroatoms. The Morgan fingerprint density at radius 2 is 1.70 bits per heavy atom. The van der Waals surface area contributed by atoms with E-state index in [0.717, 1.165) is 6.26 Å². The number of carbonyl (C=O) groups excluding carboxylic acids is 1. The van der Waals surface area contributed by atoms with E-state index in [2.05, 4.69) is 15.0 Å². The molecular weight excluding hydrogens is 386 g/mol. The van der Waals surface area contributed by atoms with Crippen molar-refractivity contribution in [2.45, 2.75) is 0 Å². The van der Waals surface area contributed by atoms with Crippen LogP contribution in [0.15, 0.2) is 66.9 Å². The number of benzene rings is 2. The van der Waals surface area contributed by atoms with E-state index in [4.69, 9.17) is 11.6 Å². The highest BCUT2D eigenvalue weighted by atomic mass is 35.5. The highest BCUT2D eigenvalue weighted by Crippen LogP contribution is 2.29. The molecule has 0 aliphatic rings. The van der Waals surface area contributed by atoms with Crippen LogP contribution in [0.1, 0.15) is 10.4 Å². The van der Waals surface area contributed by atoms with Crippen LogP contribution in [0.4, 0.5) is 11.4 Å². The van der Waals surface area contributed by atoms with Crippen LogP contribution < -0.4 is 10.0 Å². The second-order valence-corrected chi connectivity index (χ2v) is 7.97.